The summed E-state index contributed by atoms with van der Waals surface area (Å²) in [5, 5.41) is 0. The molecular formula is C13H9BrF3NO. The smallest absolute Gasteiger partial charge is 0.419 e. The fraction of sp³-hybridized carbons (Fsp3) is 0.154. The lowest BCUT2D eigenvalue weighted by atomic mass is 10.2. The number of nitrogens with zero attached hydrogens (tertiary/aromatic N) is 1. The lowest BCUT2D eigenvalue weighted by Gasteiger charge is -2.13. The van der Waals surface area contributed by atoms with Crippen LogP contribution in [0.2, 0.25) is 0 Å². The molecule has 0 unspecified atom stereocenters. The number of ether oxygens (including phenoxy) is 1. The molecule has 1 aromatic carbocycles. The summed E-state index contributed by atoms with van der Waals surface area (Å²) in [5.74, 6) is -0.162. The van der Waals surface area contributed by atoms with Crippen LogP contribution in [-0.4, -0.2) is 4.98 Å². The molecule has 6 heteroatoms. The highest BCUT2D eigenvalue weighted by Gasteiger charge is 2.34. The SMILES string of the molecule is Cc1ccnc(Oc2ccccc2C(F)(F)F)c1Br. The molecule has 0 bridgehead atoms. The third-order valence-electron chi connectivity index (χ3n) is 2.45. The molecule has 0 saturated carbocycles. The van der Waals surface area contributed by atoms with Crippen LogP contribution in [0.1, 0.15) is 11.1 Å². The van der Waals surface area contributed by atoms with Gasteiger partial charge < -0.3 is 4.74 Å². The molecule has 0 aliphatic heterocycles. The molecule has 0 aliphatic carbocycles. The maximum Gasteiger partial charge on any atom is 0.419 e. The molecule has 100 valence electrons. The highest BCUT2D eigenvalue weighted by Crippen LogP contribution is 2.39. The lowest BCUT2D eigenvalue weighted by molar-refractivity contribution is -0.138. The zero-order valence-corrected chi connectivity index (χ0v) is 11.4. The second-order valence-corrected chi connectivity index (χ2v) is 4.64. The highest BCUT2D eigenvalue weighted by molar-refractivity contribution is 9.10. The number of hydrogen-bond donors (Lipinski definition) is 0. The number of pyridine rings is 1. The van der Waals surface area contributed by atoms with Gasteiger partial charge in [0.2, 0.25) is 5.88 Å². The molecule has 1 aromatic heterocycles. The predicted octanol–water partition coefficient (Wildman–Crippen LogP) is 4.96. The minimum atomic E-state index is -4.47. The zero-order valence-electron chi connectivity index (χ0n) is 9.83. The monoisotopic (exact) mass is 331 g/mol. The van der Waals surface area contributed by atoms with E-state index in [1.54, 1.807) is 13.0 Å². The summed E-state index contributed by atoms with van der Waals surface area (Å²) in [7, 11) is 0. The Hall–Kier alpha value is -1.56. The van der Waals surface area contributed by atoms with Crippen LogP contribution in [0.3, 0.4) is 0 Å². The van der Waals surface area contributed by atoms with E-state index >= 15 is 0 Å². The maximum atomic E-state index is 12.8. The first-order chi connectivity index (χ1) is 8.89. The Labute approximate surface area is 116 Å². The number of hydrogen-bond acceptors (Lipinski definition) is 2. The lowest BCUT2D eigenvalue weighted by Crippen LogP contribution is -2.07. The molecule has 0 radical (unpaired) electrons. The summed E-state index contributed by atoms with van der Waals surface area (Å²) in [4.78, 5) is 3.92. The molecule has 2 nitrogen and oxygen atoms in total. The van der Waals surface area contributed by atoms with E-state index in [1.807, 2.05) is 0 Å². The third-order valence-corrected chi connectivity index (χ3v) is 3.41. The molecule has 19 heavy (non-hydrogen) atoms. The number of benzene rings is 1. The van der Waals surface area contributed by atoms with Gasteiger partial charge in [0.05, 0.1) is 10.0 Å². The van der Waals surface area contributed by atoms with Crippen LogP contribution in [0.5, 0.6) is 11.6 Å². The van der Waals surface area contributed by atoms with E-state index in [1.165, 1.54) is 24.4 Å². The first kappa shape index (κ1) is 13.9. The quantitative estimate of drug-likeness (QED) is 0.775. The Bertz CT molecular complexity index is 599. The molecule has 0 saturated heterocycles. The van der Waals surface area contributed by atoms with Gasteiger partial charge >= 0.3 is 6.18 Å². The van der Waals surface area contributed by atoms with Crippen molar-refractivity contribution < 1.29 is 17.9 Å². The van der Waals surface area contributed by atoms with Crippen molar-refractivity contribution in [2.24, 2.45) is 0 Å². The first-order valence-electron chi connectivity index (χ1n) is 5.35. The minimum absolute atomic E-state index is 0.108. The number of aromatic nitrogens is 1. The molecule has 1 heterocycles. The van der Waals surface area contributed by atoms with Gasteiger partial charge in [0.25, 0.3) is 0 Å². The van der Waals surface area contributed by atoms with Gasteiger partial charge in [-0.15, -0.1) is 0 Å². The summed E-state index contributed by atoms with van der Waals surface area (Å²) in [6.45, 7) is 1.80. The van der Waals surface area contributed by atoms with Crippen LogP contribution in [0, 0.1) is 6.92 Å². The zero-order chi connectivity index (χ0) is 14.0. The van der Waals surface area contributed by atoms with E-state index in [9.17, 15) is 13.2 Å². The van der Waals surface area contributed by atoms with E-state index in [0.29, 0.717) is 4.47 Å². The number of alkyl halides is 3. The Morgan fingerprint density at radius 3 is 2.53 bits per heavy atom. The average Bonchev–Trinajstić information content (AvgIpc) is 2.34. The van der Waals surface area contributed by atoms with E-state index < -0.39 is 11.7 Å². The summed E-state index contributed by atoms with van der Waals surface area (Å²) in [6, 6.07) is 6.76. The van der Waals surface area contributed by atoms with E-state index in [0.717, 1.165) is 11.6 Å². The third kappa shape index (κ3) is 3.07. The summed E-state index contributed by atoms with van der Waals surface area (Å²) in [6.07, 6.45) is -2.99. The summed E-state index contributed by atoms with van der Waals surface area (Å²) >= 11 is 3.24. The van der Waals surface area contributed by atoms with Crippen molar-refractivity contribution in [3.63, 3.8) is 0 Å². The number of para-hydroxylation sites is 1. The van der Waals surface area contributed by atoms with Crippen LogP contribution in [-0.2, 0) is 6.18 Å². The minimum Gasteiger partial charge on any atom is -0.437 e. The predicted molar refractivity (Wildman–Crippen MR) is 68.2 cm³/mol. The number of halogens is 4. The molecule has 0 N–H and O–H groups in total. The van der Waals surface area contributed by atoms with Crippen molar-refractivity contribution in [1.82, 2.24) is 4.98 Å². The molecule has 0 fully saturated rings. The molecule has 0 amide bonds. The van der Waals surface area contributed by atoms with Crippen molar-refractivity contribution in [2.45, 2.75) is 13.1 Å². The Balaban J connectivity index is 2.42. The maximum absolute atomic E-state index is 12.8. The fourth-order valence-electron chi connectivity index (χ4n) is 1.48. The van der Waals surface area contributed by atoms with Crippen molar-refractivity contribution in [2.75, 3.05) is 0 Å². The van der Waals surface area contributed by atoms with Gasteiger partial charge in [-0.3, -0.25) is 0 Å². The largest absolute Gasteiger partial charge is 0.437 e. The number of rotatable bonds is 2. The average molecular weight is 332 g/mol. The highest BCUT2D eigenvalue weighted by atomic mass is 79.9. The second-order valence-electron chi connectivity index (χ2n) is 3.84. The second kappa shape index (κ2) is 5.21. The van der Waals surface area contributed by atoms with Gasteiger partial charge in [-0.2, -0.15) is 13.2 Å². The molecule has 2 aromatic rings. The fourth-order valence-corrected chi connectivity index (χ4v) is 1.80. The van der Waals surface area contributed by atoms with Gasteiger partial charge in [-0.1, -0.05) is 12.1 Å². The summed E-state index contributed by atoms with van der Waals surface area (Å²) in [5.41, 5.74) is -0.000282. The Morgan fingerprint density at radius 1 is 1.16 bits per heavy atom. The van der Waals surface area contributed by atoms with Crippen molar-refractivity contribution in [3.05, 3.63) is 52.1 Å². The van der Waals surface area contributed by atoms with Gasteiger partial charge in [-0.25, -0.2) is 4.98 Å². The van der Waals surface area contributed by atoms with Crippen LogP contribution in [0.25, 0.3) is 0 Å². The van der Waals surface area contributed by atoms with Crippen molar-refractivity contribution >= 4 is 15.9 Å². The van der Waals surface area contributed by atoms with Crippen molar-refractivity contribution in [1.29, 1.82) is 0 Å². The van der Waals surface area contributed by atoms with E-state index in [2.05, 4.69) is 20.9 Å². The molecule has 0 atom stereocenters. The topological polar surface area (TPSA) is 22.1 Å². The molecule has 0 spiro atoms. The van der Waals surface area contributed by atoms with Crippen LogP contribution >= 0.6 is 15.9 Å². The Morgan fingerprint density at radius 2 is 1.84 bits per heavy atom. The van der Waals surface area contributed by atoms with Gasteiger partial charge in [-0.05, 0) is 46.6 Å². The van der Waals surface area contributed by atoms with E-state index in [4.69, 9.17) is 4.74 Å². The molecule has 0 aliphatic rings. The van der Waals surface area contributed by atoms with Crippen LogP contribution < -0.4 is 4.74 Å². The number of aryl methyl sites for hydroxylation is 1. The van der Waals surface area contributed by atoms with Crippen LogP contribution in [0.4, 0.5) is 13.2 Å². The van der Waals surface area contributed by atoms with Gasteiger partial charge in [0.15, 0.2) is 0 Å². The van der Waals surface area contributed by atoms with Gasteiger partial charge in [0, 0.05) is 6.20 Å². The van der Waals surface area contributed by atoms with E-state index in [-0.39, 0.29) is 11.6 Å². The Kier molecular flexibility index (Phi) is 3.80. The van der Waals surface area contributed by atoms with Crippen molar-refractivity contribution in [3.8, 4) is 11.6 Å². The normalized spacial score (nSPS) is 11.4. The molecular weight excluding hydrogens is 323 g/mol. The van der Waals surface area contributed by atoms with Crippen LogP contribution in [0.15, 0.2) is 41.0 Å². The first-order valence-corrected chi connectivity index (χ1v) is 6.14. The van der Waals surface area contributed by atoms with Gasteiger partial charge in [0.1, 0.15) is 5.75 Å². The molecule has 2 rings (SSSR count). The standard InChI is InChI=1S/C13H9BrF3NO/c1-8-6-7-18-12(11(8)14)19-10-5-3-2-4-9(10)13(15,16)17/h2-7H,1H3. The summed E-state index contributed by atoms with van der Waals surface area (Å²) < 4.78 is 44.3.